The Labute approximate surface area is 151 Å². The summed E-state index contributed by atoms with van der Waals surface area (Å²) in [5, 5.41) is 2.67. The van der Waals surface area contributed by atoms with Crippen molar-refractivity contribution < 1.29 is 13.6 Å². The highest BCUT2D eigenvalue weighted by molar-refractivity contribution is 9.10. The predicted molar refractivity (Wildman–Crippen MR) is 94.2 cm³/mol. The normalized spacial score (nSPS) is 10.9. The van der Waals surface area contributed by atoms with Gasteiger partial charge < -0.3 is 5.32 Å². The summed E-state index contributed by atoms with van der Waals surface area (Å²) in [7, 11) is 0. The Kier molecular flexibility index (Phi) is 4.76. The van der Waals surface area contributed by atoms with Gasteiger partial charge in [-0.3, -0.25) is 4.79 Å². The van der Waals surface area contributed by atoms with Crippen LogP contribution in [-0.2, 0) is 6.54 Å². The number of nitrogens with one attached hydrogen (secondary N) is 1. The number of aryl methyl sites for hydroxylation is 2. The van der Waals surface area contributed by atoms with Crippen molar-refractivity contribution in [3.8, 4) is 0 Å². The van der Waals surface area contributed by atoms with Gasteiger partial charge in [0.05, 0.1) is 22.5 Å². The van der Waals surface area contributed by atoms with Crippen molar-refractivity contribution in [2.45, 2.75) is 20.4 Å². The van der Waals surface area contributed by atoms with E-state index in [9.17, 15) is 13.6 Å². The van der Waals surface area contributed by atoms with E-state index in [1.807, 2.05) is 0 Å². The minimum Gasteiger partial charge on any atom is -0.348 e. The minimum atomic E-state index is -0.567. The molecule has 25 heavy (non-hydrogen) atoms. The van der Waals surface area contributed by atoms with E-state index in [1.54, 1.807) is 19.9 Å². The first-order chi connectivity index (χ1) is 11.8. The van der Waals surface area contributed by atoms with Gasteiger partial charge in [-0.15, -0.1) is 0 Å². The topological polar surface area (TPSA) is 54.9 Å². The van der Waals surface area contributed by atoms with Crippen LogP contribution in [0.1, 0.15) is 27.3 Å². The maximum Gasteiger partial charge on any atom is 0.253 e. The Bertz CT molecular complexity index is 992. The summed E-state index contributed by atoms with van der Waals surface area (Å²) in [6.45, 7) is 3.64. The zero-order chi connectivity index (χ0) is 18.1. The molecule has 0 fully saturated rings. The molecular weight excluding hydrogens is 392 g/mol. The van der Waals surface area contributed by atoms with E-state index in [2.05, 4.69) is 31.2 Å². The van der Waals surface area contributed by atoms with Crippen LogP contribution in [0, 0.1) is 25.5 Å². The van der Waals surface area contributed by atoms with Crippen molar-refractivity contribution >= 4 is 32.9 Å². The third kappa shape index (κ3) is 3.66. The molecule has 1 amide bonds. The molecule has 0 saturated heterocycles. The molecule has 1 heterocycles. The quantitative estimate of drug-likeness (QED) is 0.709. The monoisotopic (exact) mass is 405 g/mol. The molecule has 0 spiro atoms. The second-order valence-electron chi connectivity index (χ2n) is 5.63. The fourth-order valence-electron chi connectivity index (χ4n) is 2.42. The minimum absolute atomic E-state index is 0.0907. The lowest BCUT2D eigenvalue weighted by Crippen LogP contribution is -2.24. The molecule has 4 nitrogen and oxygen atoms in total. The van der Waals surface area contributed by atoms with Crippen LogP contribution in [0.5, 0.6) is 0 Å². The number of halogens is 3. The fourth-order valence-corrected chi connectivity index (χ4v) is 2.81. The van der Waals surface area contributed by atoms with Crippen LogP contribution in [0.3, 0.4) is 0 Å². The maximum absolute atomic E-state index is 13.9. The highest BCUT2D eigenvalue weighted by atomic mass is 79.9. The van der Waals surface area contributed by atoms with E-state index in [4.69, 9.17) is 0 Å². The van der Waals surface area contributed by atoms with Gasteiger partial charge in [0, 0.05) is 17.1 Å². The summed E-state index contributed by atoms with van der Waals surface area (Å²) < 4.78 is 27.9. The lowest BCUT2D eigenvalue weighted by atomic mass is 10.1. The van der Waals surface area contributed by atoms with Crippen molar-refractivity contribution in [3.05, 3.63) is 69.0 Å². The van der Waals surface area contributed by atoms with Crippen molar-refractivity contribution in [1.82, 2.24) is 15.3 Å². The summed E-state index contributed by atoms with van der Waals surface area (Å²) in [6.07, 6.45) is 0. The number of benzene rings is 2. The van der Waals surface area contributed by atoms with Crippen LogP contribution in [0.15, 0.2) is 34.8 Å². The van der Waals surface area contributed by atoms with Crippen molar-refractivity contribution in [1.29, 1.82) is 0 Å². The lowest BCUT2D eigenvalue weighted by molar-refractivity contribution is 0.0952. The Hall–Kier alpha value is -2.41. The van der Waals surface area contributed by atoms with Crippen molar-refractivity contribution in [2.24, 2.45) is 0 Å². The molecule has 0 aliphatic heterocycles. The number of nitrogens with zero attached hydrogens (tertiary/aromatic N) is 2. The molecule has 3 aromatic rings. The molecule has 128 valence electrons. The van der Waals surface area contributed by atoms with E-state index in [-0.39, 0.29) is 12.1 Å². The summed E-state index contributed by atoms with van der Waals surface area (Å²) in [5.41, 5.74) is 2.67. The van der Waals surface area contributed by atoms with Gasteiger partial charge in [0.2, 0.25) is 0 Å². The molecule has 7 heteroatoms. The van der Waals surface area contributed by atoms with Gasteiger partial charge in [0.1, 0.15) is 17.2 Å². The van der Waals surface area contributed by atoms with Crippen LogP contribution in [-0.4, -0.2) is 15.9 Å². The number of aromatic nitrogens is 2. The molecule has 0 atom stereocenters. The van der Waals surface area contributed by atoms with Crippen LogP contribution in [0.2, 0.25) is 0 Å². The van der Waals surface area contributed by atoms with Gasteiger partial charge in [-0.25, -0.2) is 18.7 Å². The molecule has 1 aromatic heterocycles. The number of hydrogen-bond donors (Lipinski definition) is 1. The summed E-state index contributed by atoms with van der Waals surface area (Å²) >= 11 is 3.31. The largest absolute Gasteiger partial charge is 0.348 e. The molecule has 0 unspecified atom stereocenters. The Balaban J connectivity index is 1.94. The van der Waals surface area contributed by atoms with Crippen LogP contribution < -0.4 is 5.32 Å². The molecule has 1 N–H and O–H groups in total. The second kappa shape index (κ2) is 6.84. The van der Waals surface area contributed by atoms with Gasteiger partial charge >= 0.3 is 0 Å². The molecule has 2 aromatic carbocycles. The summed E-state index contributed by atoms with van der Waals surface area (Å²) in [4.78, 5) is 21.2. The Morgan fingerprint density at radius 2 is 1.80 bits per heavy atom. The molecule has 0 aliphatic rings. The van der Waals surface area contributed by atoms with E-state index in [0.717, 1.165) is 6.07 Å². The molecule has 0 aliphatic carbocycles. The number of rotatable bonds is 3. The highest BCUT2D eigenvalue weighted by Crippen LogP contribution is 2.21. The van der Waals surface area contributed by atoms with E-state index in [0.29, 0.717) is 32.5 Å². The van der Waals surface area contributed by atoms with Crippen molar-refractivity contribution in [2.75, 3.05) is 0 Å². The fraction of sp³-hybridized carbons (Fsp3) is 0.167. The van der Waals surface area contributed by atoms with E-state index in [1.165, 1.54) is 18.2 Å². The Morgan fingerprint density at radius 3 is 2.56 bits per heavy atom. The zero-order valence-corrected chi connectivity index (χ0v) is 15.1. The smallest absolute Gasteiger partial charge is 0.253 e. The third-order valence-electron chi connectivity index (χ3n) is 3.84. The average molecular weight is 406 g/mol. The number of carbonyl (C=O) groups excluding carboxylic acids is 1. The molecule has 0 bridgehead atoms. The molecule has 3 rings (SSSR count). The number of carbonyl (C=O) groups is 1. The molecular formula is C18H14BrF2N3O. The van der Waals surface area contributed by atoms with Gasteiger partial charge in [0.15, 0.2) is 0 Å². The van der Waals surface area contributed by atoms with Gasteiger partial charge in [-0.2, -0.15) is 0 Å². The average Bonchev–Trinajstić information content (AvgIpc) is 2.56. The van der Waals surface area contributed by atoms with Gasteiger partial charge in [-0.1, -0.05) is 15.9 Å². The van der Waals surface area contributed by atoms with Gasteiger partial charge in [-0.05, 0) is 43.7 Å². The SMILES string of the molecule is Cc1nc2cc(F)cc(C(=O)NCc3cc(F)ccc3Br)c2nc1C. The molecule has 0 saturated carbocycles. The third-order valence-corrected chi connectivity index (χ3v) is 4.61. The predicted octanol–water partition coefficient (Wildman–Crippen LogP) is 4.22. The second-order valence-corrected chi connectivity index (χ2v) is 6.49. The van der Waals surface area contributed by atoms with E-state index >= 15 is 0 Å². The number of amides is 1. The van der Waals surface area contributed by atoms with Crippen LogP contribution in [0.4, 0.5) is 8.78 Å². The van der Waals surface area contributed by atoms with Crippen molar-refractivity contribution in [3.63, 3.8) is 0 Å². The van der Waals surface area contributed by atoms with E-state index < -0.39 is 17.5 Å². The zero-order valence-electron chi connectivity index (χ0n) is 13.5. The first kappa shape index (κ1) is 17.4. The van der Waals surface area contributed by atoms with Crippen LogP contribution in [0.25, 0.3) is 11.0 Å². The first-order valence-electron chi connectivity index (χ1n) is 7.52. The standard InChI is InChI=1S/C18H14BrF2N3O/c1-9-10(2)24-17-14(6-13(21)7-16(17)23-9)18(25)22-8-11-5-12(20)3-4-15(11)19/h3-7H,8H2,1-2H3,(H,22,25). The maximum atomic E-state index is 13.9. The lowest BCUT2D eigenvalue weighted by Gasteiger charge is -2.10. The number of hydrogen-bond acceptors (Lipinski definition) is 3. The summed E-state index contributed by atoms with van der Waals surface area (Å²) in [5.74, 6) is -1.47. The Morgan fingerprint density at radius 1 is 1.08 bits per heavy atom. The number of fused-ring (bicyclic) bond motifs is 1. The van der Waals surface area contributed by atoms with Crippen LogP contribution >= 0.6 is 15.9 Å². The summed E-state index contributed by atoms with van der Waals surface area (Å²) in [6, 6.07) is 6.57. The molecule has 0 radical (unpaired) electrons. The van der Waals surface area contributed by atoms with Gasteiger partial charge in [0.25, 0.3) is 5.91 Å². The highest BCUT2D eigenvalue weighted by Gasteiger charge is 2.16. The first-order valence-corrected chi connectivity index (χ1v) is 8.31.